The molecule has 0 atom stereocenters. The van der Waals surface area contributed by atoms with E-state index in [1.54, 1.807) is 12.4 Å². The monoisotopic (exact) mass is 990 g/mol. The Morgan fingerprint density at radius 2 is 1.10 bits per heavy atom. The van der Waals surface area contributed by atoms with Gasteiger partial charge in [-0.2, -0.15) is 0 Å². The summed E-state index contributed by atoms with van der Waals surface area (Å²) < 4.78 is 66.9. The Labute approximate surface area is 326 Å². The van der Waals surface area contributed by atoms with Crippen molar-refractivity contribution in [3.8, 4) is 22.5 Å². The molecule has 0 saturated carbocycles. The second-order valence-corrected chi connectivity index (χ2v) is 12.8. The van der Waals surface area contributed by atoms with Crippen LogP contribution in [0.15, 0.2) is 122 Å². The van der Waals surface area contributed by atoms with Crippen molar-refractivity contribution in [2.75, 3.05) is 10.7 Å². The summed E-state index contributed by atoms with van der Waals surface area (Å²) in [5.74, 6) is 0. The number of aromatic nitrogens is 6. The van der Waals surface area contributed by atoms with E-state index >= 15 is 0 Å². The number of imidazole rings is 2. The second kappa shape index (κ2) is 23.5. The van der Waals surface area contributed by atoms with Crippen LogP contribution in [-0.4, -0.2) is 29.8 Å². The zero-order chi connectivity index (χ0) is 37.5. The van der Waals surface area contributed by atoms with Crippen LogP contribution in [0.5, 0.6) is 0 Å². The minimum atomic E-state index is -10.7. The van der Waals surface area contributed by atoms with E-state index in [2.05, 4.69) is 34.8 Å². The molecule has 0 fully saturated rings. The van der Waals surface area contributed by atoms with Gasteiger partial charge >= 0.3 is 53.1 Å². The smallest absolute Gasteiger partial charge is 0.305 e. The average molecular weight is 992 g/mol. The molecule has 2 aromatic carbocycles. The zero-order valence-corrected chi connectivity index (χ0v) is 33.2. The summed E-state index contributed by atoms with van der Waals surface area (Å²) in [7, 11) is -6.75. The van der Waals surface area contributed by atoms with E-state index in [0.717, 1.165) is 29.2 Å². The fraction of sp³-hybridized carbons (Fsp3) is 0.152. The number of benzene rings is 2. The number of nitrogens with zero attached hydrogens (tertiary/aromatic N) is 6. The van der Waals surface area contributed by atoms with Gasteiger partial charge in [-0.05, 0) is 48.3 Å². The van der Waals surface area contributed by atoms with Crippen LogP contribution in [0.1, 0.15) is 0 Å². The van der Waals surface area contributed by atoms with Crippen LogP contribution >= 0.6 is 54.2 Å². The minimum Gasteiger partial charge on any atom is -0.305 e. The van der Waals surface area contributed by atoms with Gasteiger partial charge < -0.3 is 28.2 Å². The minimum absolute atomic E-state index is 0. The molecule has 6 aromatic rings. The van der Waals surface area contributed by atoms with Crippen molar-refractivity contribution < 1.29 is 54.4 Å². The van der Waals surface area contributed by atoms with Gasteiger partial charge in [0.2, 0.25) is 12.7 Å². The van der Waals surface area contributed by atoms with Crippen molar-refractivity contribution in [2.24, 2.45) is 14.1 Å². The van der Waals surface area contributed by atoms with Gasteiger partial charge in [0.15, 0.2) is 6.67 Å². The Balaban J connectivity index is 0.000000627. The summed E-state index contributed by atoms with van der Waals surface area (Å²) in [5.41, 5.74) is 4.02. The third-order valence-electron chi connectivity index (χ3n) is 5.12. The van der Waals surface area contributed by atoms with Crippen molar-refractivity contribution in [1.82, 2.24) is 19.1 Å². The SMILES string of the molecule is ClCCl.ClCCl.Cn1[c-][n+](Cn2[c-][n+](C)cc2)cc1.F[P-](F)(F)(F)(F)F.[Ir+3].[c-]1ccccc1-c1ccccn1.[c-]1ccccc1-c1ccccn1. The predicted molar refractivity (Wildman–Crippen MR) is 188 cm³/mol. The molecule has 0 aliphatic rings. The van der Waals surface area contributed by atoms with Crippen LogP contribution in [-0.2, 0) is 40.9 Å². The van der Waals surface area contributed by atoms with Gasteiger partial charge in [-0.15, -0.1) is 118 Å². The quantitative estimate of drug-likeness (QED) is 0.0581. The van der Waals surface area contributed by atoms with E-state index in [9.17, 15) is 25.2 Å². The second-order valence-electron chi connectivity index (χ2n) is 9.24. The number of rotatable bonds is 4. The normalized spacial score (nSPS) is 11.1. The molecule has 6 nitrogen and oxygen atoms in total. The number of aryl methyl sites for hydroxylation is 2. The molecular formula is C33H32Cl4F6IrN6P. The van der Waals surface area contributed by atoms with Gasteiger partial charge in [-0.3, -0.25) is 0 Å². The zero-order valence-electron chi connectivity index (χ0n) is 26.9. The Hall–Kier alpha value is -3.02. The molecular weight excluding hydrogens is 959 g/mol. The molecule has 0 unspecified atom stereocenters. The molecule has 278 valence electrons. The standard InChI is InChI=1S/2C11H8N.C9H12N4.2CH2Cl2.F6P.Ir/c2*1-2-6-10(7-3-1)11-8-4-5-9-12-11;1-10-3-5-12(7-10)9-13-6-4-11(2)8-13;2*2-1-3;1-7(2,3,4,5)6;/h2*1-6,8-9H;3-6H,9H2,1-2H3;2*1H2;;/q2*-1;;;;-1;+3. The number of halogens is 10. The molecule has 0 N–H and O–H groups in total. The summed E-state index contributed by atoms with van der Waals surface area (Å²) in [4.78, 5) is 8.44. The molecule has 4 heterocycles. The first-order valence-electron chi connectivity index (χ1n) is 13.9. The summed E-state index contributed by atoms with van der Waals surface area (Å²) in [5, 5.41) is 0.389. The fourth-order valence-electron chi connectivity index (χ4n) is 3.37. The maximum absolute atomic E-state index is 10.7. The molecule has 18 heteroatoms. The van der Waals surface area contributed by atoms with Crippen molar-refractivity contribution in [3.05, 3.63) is 147 Å². The molecule has 0 saturated heterocycles. The van der Waals surface area contributed by atoms with E-state index in [0.29, 0.717) is 0 Å². The molecule has 0 spiro atoms. The van der Waals surface area contributed by atoms with Crippen LogP contribution in [0.4, 0.5) is 25.2 Å². The molecule has 51 heavy (non-hydrogen) atoms. The number of pyridine rings is 2. The van der Waals surface area contributed by atoms with Crippen molar-refractivity contribution in [2.45, 2.75) is 6.67 Å². The first-order valence-corrected chi connectivity index (χ1v) is 18.1. The van der Waals surface area contributed by atoms with Crippen LogP contribution < -0.4 is 9.13 Å². The first kappa shape index (κ1) is 48.0. The third kappa shape index (κ3) is 27.3. The fourth-order valence-corrected chi connectivity index (χ4v) is 3.37. The molecule has 6 rings (SSSR count). The number of hydrogen-bond acceptors (Lipinski definition) is 2. The van der Waals surface area contributed by atoms with Gasteiger partial charge in [0.25, 0.3) is 0 Å². The average Bonchev–Trinajstić information content (AvgIpc) is 3.69. The van der Waals surface area contributed by atoms with Gasteiger partial charge in [0.1, 0.15) is 0 Å². The van der Waals surface area contributed by atoms with Gasteiger partial charge in [-0.25, -0.2) is 0 Å². The number of hydrogen-bond donors (Lipinski definition) is 0. The van der Waals surface area contributed by atoms with Crippen LogP contribution in [0.2, 0.25) is 0 Å². The first-order chi connectivity index (χ1) is 23.4. The molecule has 0 bridgehead atoms. The summed E-state index contributed by atoms with van der Waals surface area (Å²) in [6, 6.07) is 33.6. The topological polar surface area (TPSA) is 43.4 Å². The van der Waals surface area contributed by atoms with Crippen LogP contribution in [0.3, 0.4) is 0 Å². The molecule has 0 aliphatic heterocycles. The van der Waals surface area contributed by atoms with E-state index in [1.807, 2.05) is 142 Å². The van der Waals surface area contributed by atoms with Gasteiger partial charge in [0.05, 0.1) is 24.8 Å². The summed E-state index contributed by atoms with van der Waals surface area (Å²) in [6.45, 7) is 0.752. The summed E-state index contributed by atoms with van der Waals surface area (Å²) >= 11 is 19.1. The van der Waals surface area contributed by atoms with Crippen LogP contribution in [0, 0.1) is 24.8 Å². The Morgan fingerprint density at radius 1 is 0.667 bits per heavy atom. The van der Waals surface area contributed by atoms with Crippen molar-refractivity contribution >= 4 is 54.2 Å². The Bertz CT molecular complexity index is 1540. The van der Waals surface area contributed by atoms with Gasteiger partial charge in [-0.1, -0.05) is 24.3 Å². The van der Waals surface area contributed by atoms with E-state index in [4.69, 9.17) is 46.4 Å². The van der Waals surface area contributed by atoms with Crippen molar-refractivity contribution in [1.29, 1.82) is 0 Å². The Morgan fingerprint density at radius 3 is 1.39 bits per heavy atom. The maximum atomic E-state index is 9.87. The Kier molecular flexibility index (Phi) is 22.1. The maximum Gasteiger partial charge on any atom is 3.00 e. The third-order valence-corrected chi connectivity index (χ3v) is 5.12. The molecule has 4 aromatic heterocycles. The molecule has 0 aliphatic carbocycles. The van der Waals surface area contributed by atoms with Crippen molar-refractivity contribution in [3.63, 3.8) is 0 Å². The van der Waals surface area contributed by atoms with E-state index in [-0.39, 0.29) is 30.8 Å². The molecule has 0 radical (unpaired) electrons. The predicted octanol–water partition coefficient (Wildman–Crippen LogP) is 10.4. The summed E-state index contributed by atoms with van der Waals surface area (Å²) in [6.07, 6.45) is 17.7. The van der Waals surface area contributed by atoms with E-state index in [1.165, 1.54) is 0 Å². The largest absolute Gasteiger partial charge is 3.00 e. The number of alkyl halides is 4. The van der Waals surface area contributed by atoms with E-state index < -0.39 is 7.81 Å². The molecule has 0 amide bonds. The van der Waals surface area contributed by atoms with Crippen LogP contribution in [0.25, 0.3) is 22.5 Å². The van der Waals surface area contributed by atoms with Gasteiger partial charge in [0, 0.05) is 12.4 Å².